The summed E-state index contributed by atoms with van der Waals surface area (Å²) in [5.74, 6) is -1.96. The zero-order chi connectivity index (χ0) is 23.4. The van der Waals surface area contributed by atoms with Gasteiger partial charge in [0.15, 0.2) is 18.1 Å². The topological polar surface area (TPSA) is 114 Å². The van der Waals surface area contributed by atoms with Gasteiger partial charge >= 0.3 is 0 Å². The first-order valence-corrected chi connectivity index (χ1v) is 10.3. The number of amides is 4. The Kier molecular flexibility index (Phi) is 7.22. The van der Waals surface area contributed by atoms with Gasteiger partial charge in [0, 0.05) is 0 Å². The number of rotatable bonds is 7. The highest BCUT2D eigenvalue weighted by molar-refractivity contribution is 6.43. The van der Waals surface area contributed by atoms with Crippen LogP contribution in [-0.4, -0.2) is 47.8 Å². The maximum Gasteiger partial charge on any atom is 0.276 e. The normalized spacial score (nSPS) is 13.4. The first-order chi connectivity index (χ1) is 15.2. The summed E-state index contributed by atoms with van der Waals surface area (Å²) in [6.45, 7) is 3.19. The van der Waals surface area contributed by atoms with Gasteiger partial charge in [-0.3, -0.25) is 34.9 Å². The Balaban J connectivity index is 1.57. The molecule has 2 aromatic carbocycles. The molecule has 0 spiro atoms. The first-order valence-electron chi connectivity index (χ1n) is 9.54. The third kappa shape index (κ3) is 4.79. The smallest absolute Gasteiger partial charge is 0.276 e. The van der Waals surface area contributed by atoms with E-state index in [4.69, 9.17) is 32.7 Å². The molecule has 3 rings (SSSR count). The van der Waals surface area contributed by atoms with Crippen molar-refractivity contribution >= 4 is 46.8 Å². The van der Waals surface area contributed by atoms with Crippen molar-refractivity contribution in [3.63, 3.8) is 0 Å². The minimum absolute atomic E-state index is 0.0504. The lowest BCUT2D eigenvalue weighted by Crippen LogP contribution is -2.53. The van der Waals surface area contributed by atoms with E-state index >= 15 is 0 Å². The summed E-state index contributed by atoms with van der Waals surface area (Å²) in [6.07, 6.45) is 0. The van der Waals surface area contributed by atoms with Crippen LogP contribution in [0.25, 0.3) is 0 Å². The summed E-state index contributed by atoms with van der Waals surface area (Å²) in [5.41, 5.74) is 4.46. The number of nitrogens with one attached hydrogen (secondary N) is 2. The minimum Gasteiger partial charge on any atom is -0.490 e. The Morgan fingerprint density at radius 3 is 2.03 bits per heavy atom. The summed E-state index contributed by atoms with van der Waals surface area (Å²) < 4.78 is 10.8. The molecule has 0 radical (unpaired) electrons. The second-order valence-electron chi connectivity index (χ2n) is 6.67. The molecule has 0 fully saturated rings. The lowest BCUT2D eigenvalue weighted by atomic mass is 10.1. The first kappa shape index (κ1) is 23.4. The summed E-state index contributed by atoms with van der Waals surface area (Å²) >= 11 is 11.8. The van der Waals surface area contributed by atoms with Crippen LogP contribution in [0.15, 0.2) is 36.4 Å². The van der Waals surface area contributed by atoms with Crippen LogP contribution < -0.4 is 20.3 Å². The number of ether oxygens (including phenoxy) is 2. The van der Waals surface area contributed by atoms with Gasteiger partial charge in [-0.15, -0.1) is 0 Å². The van der Waals surface area contributed by atoms with E-state index in [1.54, 1.807) is 24.3 Å². The van der Waals surface area contributed by atoms with E-state index in [1.165, 1.54) is 19.1 Å². The van der Waals surface area contributed by atoms with Crippen LogP contribution in [0.3, 0.4) is 0 Å². The zero-order valence-corrected chi connectivity index (χ0v) is 18.6. The van der Waals surface area contributed by atoms with Gasteiger partial charge in [0.05, 0.1) is 27.8 Å². The lowest BCUT2D eigenvalue weighted by molar-refractivity contribution is -0.131. The molecular formula is C21H19Cl2N3O6. The number of hydrogen-bond donors (Lipinski definition) is 2. The second kappa shape index (κ2) is 9.88. The predicted octanol–water partition coefficient (Wildman–Crippen LogP) is 2.60. The molecule has 9 nitrogen and oxygen atoms in total. The molecule has 1 heterocycles. The van der Waals surface area contributed by atoms with Crippen LogP contribution in [0.1, 0.15) is 34.6 Å². The van der Waals surface area contributed by atoms with E-state index in [-0.39, 0.29) is 21.2 Å². The average Bonchev–Trinajstić information content (AvgIpc) is 3.00. The van der Waals surface area contributed by atoms with Crippen LogP contribution in [0, 0.1) is 0 Å². The van der Waals surface area contributed by atoms with Gasteiger partial charge in [0.2, 0.25) is 0 Å². The minimum atomic E-state index is -1.21. The van der Waals surface area contributed by atoms with E-state index in [1.807, 2.05) is 6.92 Å². The number of nitrogens with zero attached hydrogens (tertiary/aromatic N) is 1. The molecule has 2 aromatic rings. The van der Waals surface area contributed by atoms with Gasteiger partial charge in [-0.2, -0.15) is 0 Å². The second-order valence-corrected chi connectivity index (χ2v) is 7.49. The van der Waals surface area contributed by atoms with Gasteiger partial charge in [0.1, 0.15) is 6.04 Å². The Labute approximate surface area is 193 Å². The van der Waals surface area contributed by atoms with Crippen molar-refractivity contribution in [1.82, 2.24) is 15.8 Å². The average molecular weight is 480 g/mol. The molecule has 0 saturated heterocycles. The highest BCUT2D eigenvalue weighted by atomic mass is 35.5. The highest BCUT2D eigenvalue weighted by Gasteiger charge is 2.41. The molecule has 168 valence electrons. The molecule has 0 bridgehead atoms. The summed E-state index contributed by atoms with van der Waals surface area (Å²) in [6, 6.07) is 8.18. The monoisotopic (exact) mass is 479 g/mol. The van der Waals surface area contributed by atoms with E-state index in [2.05, 4.69) is 10.9 Å². The molecule has 0 aliphatic carbocycles. The Morgan fingerprint density at radius 1 is 0.969 bits per heavy atom. The van der Waals surface area contributed by atoms with E-state index in [0.717, 1.165) is 4.90 Å². The molecule has 4 amide bonds. The van der Waals surface area contributed by atoms with Crippen LogP contribution >= 0.6 is 23.2 Å². The summed E-state index contributed by atoms with van der Waals surface area (Å²) in [7, 11) is 0. The van der Waals surface area contributed by atoms with Crippen LogP contribution in [0.4, 0.5) is 0 Å². The molecule has 0 aromatic heterocycles. The van der Waals surface area contributed by atoms with Crippen LogP contribution in [-0.2, 0) is 9.59 Å². The summed E-state index contributed by atoms with van der Waals surface area (Å²) in [5, 5.41) is 0.229. The molecule has 11 heteroatoms. The van der Waals surface area contributed by atoms with Gasteiger partial charge in [-0.25, -0.2) is 0 Å². The van der Waals surface area contributed by atoms with Crippen molar-refractivity contribution in [2.45, 2.75) is 19.9 Å². The van der Waals surface area contributed by atoms with Gasteiger partial charge in [-0.1, -0.05) is 35.3 Å². The molecule has 1 atom stereocenters. The number of halogens is 2. The maximum absolute atomic E-state index is 12.6. The number of fused-ring (bicyclic) bond motifs is 1. The third-order valence-corrected chi connectivity index (χ3v) is 5.28. The number of imide groups is 1. The van der Waals surface area contributed by atoms with E-state index < -0.39 is 36.3 Å². The standard InChI is InChI=1S/C21H19Cl2N3O6/c1-3-31-16-6-4-5-7-17(16)32-10-18(27)24-25-19(28)11(2)26-20(29)12-8-14(22)15(23)9-13(12)21(26)30/h4-9,11H,3,10H2,1-2H3,(H,24,27)(H,25,28)/t11-/m0/s1. The predicted molar refractivity (Wildman–Crippen MR) is 116 cm³/mol. The van der Waals surface area contributed by atoms with Crippen molar-refractivity contribution < 1.29 is 28.7 Å². The van der Waals surface area contributed by atoms with E-state index in [0.29, 0.717) is 18.1 Å². The Bertz CT molecular complexity index is 1050. The zero-order valence-electron chi connectivity index (χ0n) is 17.1. The number of hydrazine groups is 1. The van der Waals surface area contributed by atoms with Crippen molar-refractivity contribution in [3.8, 4) is 11.5 Å². The fourth-order valence-electron chi connectivity index (χ4n) is 2.98. The number of carbonyl (C=O) groups is 4. The number of carbonyl (C=O) groups excluding carboxylic acids is 4. The van der Waals surface area contributed by atoms with E-state index in [9.17, 15) is 19.2 Å². The van der Waals surface area contributed by atoms with Gasteiger partial charge in [0.25, 0.3) is 23.6 Å². The Hall–Kier alpha value is -3.30. The fraction of sp³-hybridized carbons (Fsp3) is 0.238. The number of benzene rings is 2. The van der Waals surface area contributed by atoms with Gasteiger partial charge in [-0.05, 0) is 38.1 Å². The fourth-order valence-corrected chi connectivity index (χ4v) is 3.31. The third-order valence-electron chi connectivity index (χ3n) is 4.56. The van der Waals surface area contributed by atoms with Crippen molar-refractivity contribution in [2.75, 3.05) is 13.2 Å². The maximum atomic E-state index is 12.6. The molecule has 0 saturated carbocycles. The van der Waals surface area contributed by atoms with Crippen LogP contribution in [0.2, 0.25) is 10.0 Å². The molecule has 1 aliphatic heterocycles. The lowest BCUT2D eigenvalue weighted by Gasteiger charge is -2.21. The molecule has 1 aliphatic rings. The highest BCUT2D eigenvalue weighted by Crippen LogP contribution is 2.32. The van der Waals surface area contributed by atoms with Crippen molar-refractivity contribution in [2.24, 2.45) is 0 Å². The van der Waals surface area contributed by atoms with Crippen molar-refractivity contribution in [3.05, 3.63) is 57.6 Å². The largest absolute Gasteiger partial charge is 0.490 e. The molecular weight excluding hydrogens is 461 g/mol. The van der Waals surface area contributed by atoms with Crippen molar-refractivity contribution in [1.29, 1.82) is 0 Å². The molecule has 0 unspecified atom stereocenters. The quantitative estimate of drug-likeness (QED) is 0.465. The summed E-state index contributed by atoms with van der Waals surface area (Å²) in [4.78, 5) is 50.5. The van der Waals surface area contributed by atoms with Gasteiger partial charge < -0.3 is 9.47 Å². The molecule has 2 N–H and O–H groups in total. The van der Waals surface area contributed by atoms with Crippen LogP contribution in [0.5, 0.6) is 11.5 Å². The number of para-hydroxylation sites is 2. The number of hydrogen-bond acceptors (Lipinski definition) is 6. The molecule has 32 heavy (non-hydrogen) atoms. The SMILES string of the molecule is CCOc1ccccc1OCC(=O)NNC(=O)[C@H](C)N1C(=O)c2cc(Cl)c(Cl)cc2C1=O. The Morgan fingerprint density at radius 2 is 1.50 bits per heavy atom.